The van der Waals surface area contributed by atoms with Gasteiger partial charge in [-0.15, -0.1) is 0 Å². The minimum atomic E-state index is 0.470. The summed E-state index contributed by atoms with van der Waals surface area (Å²) >= 11 is 0. The Kier molecular flexibility index (Phi) is 4.84. The Hall–Kier alpha value is -0.0400. The van der Waals surface area contributed by atoms with E-state index in [0.29, 0.717) is 11.5 Å². The zero-order valence-corrected chi connectivity index (χ0v) is 9.57. The monoisotopic (exact) mass is 171 g/mol. The Balaban J connectivity index is 3.53. The van der Waals surface area contributed by atoms with Crippen LogP contribution in [0.4, 0.5) is 0 Å². The van der Waals surface area contributed by atoms with Gasteiger partial charge in [-0.25, -0.2) is 0 Å². The van der Waals surface area contributed by atoms with Crippen molar-refractivity contribution in [3.63, 3.8) is 0 Å². The van der Waals surface area contributed by atoms with Gasteiger partial charge in [0.1, 0.15) is 0 Å². The van der Waals surface area contributed by atoms with Crippen LogP contribution in [0.2, 0.25) is 0 Å². The molecule has 1 heteroatoms. The van der Waals surface area contributed by atoms with Gasteiger partial charge in [0.25, 0.3) is 0 Å². The first-order valence-corrected chi connectivity index (χ1v) is 5.04. The Morgan fingerprint density at radius 3 is 1.92 bits per heavy atom. The van der Waals surface area contributed by atoms with Crippen LogP contribution in [0.5, 0.6) is 0 Å². The van der Waals surface area contributed by atoms with E-state index in [1.54, 1.807) is 0 Å². The number of hydrogen-bond acceptors (Lipinski definition) is 1. The molecule has 1 unspecified atom stereocenters. The standard InChI is InChI=1S/C11H25N/c1-9(2)12-8-10(3)7-11(4,5)6/h9-10,12H,7-8H2,1-6H3. The van der Waals surface area contributed by atoms with Gasteiger partial charge in [0.15, 0.2) is 0 Å². The molecule has 0 saturated carbocycles. The molecular formula is C11H25N. The van der Waals surface area contributed by atoms with E-state index in [0.717, 1.165) is 12.5 Å². The average molecular weight is 171 g/mol. The maximum atomic E-state index is 3.47. The van der Waals surface area contributed by atoms with Crippen LogP contribution in [0.15, 0.2) is 0 Å². The van der Waals surface area contributed by atoms with E-state index in [1.807, 2.05) is 0 Å². The van der Waals surface area contributed by atoms with Crippen molar-refractivity contribution < 1.29 is 0 Å². The highest BCUT2D eigenvalue weighted by Gasteiger charge is 2.14. The minimum Gasteiger partial charge on any atom is -0.314 e. The molecule has 0 radical (unpaired) electrons. The van der Waals surface area contributed by atoms with Crippen LogP contribution in [0, 0.1) is 11.3 Å². The first kappa shape index (κ1) is 12.0. The molecule has 0 fully saturated rings. The highest BCUT2D eigenvalue weighted by Crippen LogP contribution is 2.23. The van der Waals surface area contributed by atoms with E-state index >= 15 is 0 Å². The van der Waals surface area contributed by atoms with Gasteiger partial charge < -0.3 is 5.32 Å². The van der Waals surface area contributed by atoms with Crippen LogP contribution in [0.1, 0.15) is 48.0 Å². The molecular weight excluding hydrogens is 146 g/mol. The van der Waals surface area contributed by atoms with Gasteiger partial charge in [-0.2, -0.15) is 0 Å². The molecule has 0 heterocycles. The second-order valence-electron chi connectivity index (χ2n) is 5.43. The average Bonchev–Trinajstić information content (AvgIpc) is 1.79. The molecule has 0 amide bonds. The van der Waals surface area contributed by atoms with Gasteiger partial charge in [0, 0.05) is 6.04 Å². The van der Waals surface area contributed by atoms with E-state index in [9.17, 15) is 0 Å². The predicted octanol–water partition coefficient (Wildman–Crippen LogP) is 3.06. The first-order valence-electron chi connectivity index (χ1n) is 5.04. The van der Waals surface area contributed by atoms with Gasteiger partial charge in [-0.3, -0.25) is 0 Å². The fourth-order valence-corrected chi connectivity index (χ4v) is 1.55. The molecule has 12 heavy (non-hydrogen) atoms. The quantitative estimate of drug-likeness (QED) is 0.685. The zero-order chi connectivity index (χ0) is 9.78. The molecule has 0 rings (SSSR count). The van der Waals surface area contributed by atoms with Gasteiger partial charge >= 0.3 is 0 Å². The van der Waals surface area contributed by atoms with Crippen molar-refractivity contribution in [3.8, 4) is 0 Å². The molecule has 0 aliphatic heterocycles. The van der Waals surface area contributed by atoms with Crippen LogP contribution in [0.25, 0.3) is 0 Å². The molecule has 74 valence electrons. The normalized spacial score (nSPS) is 15.2. The van der Waals surface area contributed by atoms with E-state index in [1.165, 1.54) is 6.42 Å². The van der Waals surface area contributed by atoms with Crippen LogP contribution >= 0.6 is 0 Å². The molecule has 0 aromatic carbocycles. The highest BCUT2D eigenvalue weighted by molar-refractivity contribution is 4.68. The van der Waals surface area contributed by atoms with Gasteiger partial charge in [0.05, 0.1) is 0 Å². The summed E-state index contributed by atoms with van der Waals surface area (Å²) in [6.07, 6.45) is 1.30. The van der Waals surface area contributed by atoms with E-state index in [2.05, 4.69) is 46.9 Å². The smallest absolute Gasteiger partial charge is 0.00104 e. The predicted molar refractivity (Wildman–Crippen MR) is 56.4 cm³/mol. The molecule has 0 aliphatic rings. The molecule has 0 aromatic rings. The lowest BCUT2D eigenvalue weighted by molar-refractivity contribution is 0.296. The number of nitrogens with one attached hydrogen (secondary N) is 1. The van der Waals surface area contributed by atoms with Crippen LogP contribution in [0.3, 0.4) is 0 Å². The molecule has 0 spiro atoms. The minimum absolute atomic E-state index is 0.470. The Morgan fingerprint density at radius 1 is 1.08 bits per heavy atom. The molecule has 1 atom stereocenters. The zero-order valence-electron chi connectivity index (χ0n) is 9.57. The molecule has 0 bridgehead atoms. The maximum Gasteiger partial charge on any atom is 0.00104 e. The lowest BCUT2D eigenvalue weighted by Crippen LogP contribution is -2.29. The molecule has 0 saturated heterocycles. The van der Waals surface area contributed by atoms with Crippen molar-refractivity contribution in [1.82, 2.24) is 5.32 Å². The van der Waals surface area contributed by atoms with Crippen molar-refractivity contribution in [2.45, 2.75) is 54.0 Å². The van der Waals surface area contributed by atoms with Gasteiger partial charge in [-0.1, -0.05) is 41.5 Å². The lowest BCUT2D eigenvalue weighted by Gasteiger charge is -2.24. The third-order valence-corrected chi connectivity index (χ3v) is 1.84. The summed E-state index contributed by atoms with van der Waals surface area (Å²) in [7, 11) is 0. The van der Waals surface area contributed by atoms with E-state index < -0.39 is 0 Å². The maximum absolute atomic E-state index is 3.47. The summed E-state index contributed by atoms with van der Waals surface area (Å²) in [6.45, 7) is 14.8. The third kappa shape index (κ3) is 8.06. The third-order valence-electron chi connectivity index (χ3n) is 1.84. The second kappa shape index (κ2) is 4.86. The Bertz CT molecular complexity index is 111. The van der Waals surface area contributed by atoms with Gasteiger partial charge in [-0.05, 0) is 24.3 Å². The van der Waals surface area contributed by atoms with Crippen LogP contribution < -0.4 is 5.32 Å². The van der Waals surface area contributed by atoms with Gasteiger partial charge in [0.2, 0.25) is 0 Å². The summed E-state index contributed by atoms with van der Waals surface area (Å²) in [6, 6.07) is 0.618. The summed E-state index contributed by atoms with van der Waals surface area (Å²) in [5.74, 6) is 0.785. The molecule has 0 aromatic heterocycles. The van der Waals surface area contributed by atoms with E-state index in [-0.39, 0.29) is 0 Å². The molecule has 0 aliphatic carbocycles. The Morgan fingerprint density at radius 2 is 1.58 bits per heavy atom. The fourth-order valence-electron chi connectivity index (χ4n) is 1.55. The number of rotatable bonds is 4. The van der Waals surface area contributed by atoms with Crippen LogP contribution in [-0.2, 0) is 0 Å². The summed E-state index contributed by atoms with van der Waals surface area (Å²) in [5.41, 5.74) is 0.470. The topological polar surface area (TPSA) is 12.0 Å². The summed E-state index contributed by atoms with van der Waals surface area (Å²) in [4.78, 5) is 0. The second-order valence-corrected chi connectivity index (χ2v) is 5.43. The molecule has 1 nitrogen and oxygen atoms in total. The SMILES string of the molecule is CC(CNC(C)C)CC(C)(C)C. The van der Waals surface area contributed by atoms with Crippen molar-refractivity contribution in [2.24, 2.45) is 11.3 Å². The molecule has 1 N–H and O–H groups in total. The van der Waals surface area contributed by atoms with Crippen molar-refractivity contribution in [2.75, 3.05) is 6.54 Å². The van der Waals surface area contributed by atoms with Crippen molar-refractivity contribution in [1.29, 1.82) is 0 Å². The van der Waals surface area contributed by atoms with Crippen molar-refractivity contribution >= 4 is 0 Å². The van der Waals surface area contributed by atoms with Crippen molar-refractivity contribution in [3.05, 3.63) is 0 Å². The van der Waals surface area contributed by atoms with E-state index in [4.69, 9.17) is 0 Å². The number of hydrogen-bond donors (Lipinski definition) is 1. The largest absolute Gasteiger partial charge is 0.314 e. The Labute approximate surface area is 77.9 Å². The first-order chi connectivity index (χ1) is 5.31. The highest BCUT2D eigenvalue weighted by atomic mass is 14.9. The lowest BCUT2D eigenvalue weighted by atomic mass is 9.85. The summed E-state index contributed by atoms with van der Waals surface area (Å²) < 4.78 is 0. The fraction of sp³-hybridized carbons (Fsp3) is 1.00. The summed E-state index contributed by atoms with van der Waals surface area (Å²) in [5, 5.41) is 3.47. The van der Waals surface area contributed by atoms with Crippen LogP contribution in [-0.4, -0.2) is 12.6 Å².